The quantitative estimate of drug-likeness (QED) is 0.678. The maximum Gasteiger partial charge on any atom is 0.315 e. The third-order valence-corrected chi connectivity index (χ3v) is 4.38. The van der Waals surface area contributed by atoms with Gasteiger partial charge in [-0.15, -0.1) is 10.2 Å². The largest absolute Gasteiger partial charge is 0.475 e. The highest BCUT2D eigenvalue weighted by Crippen LogP contribution is 2.14. The van der Waals surface area contributed by atoms with E-state index in [2.05, 4.69) is 30.4 Å². The molecule has 0 spiro atoms. The summed E-state index contributed by atoms with van der Waals surface area (Å²) in [5, 5.41) is 14.1. The van der Waals surface area contributed by atoms with E-state index in [0.717, 1.165) is 43.0 Å². The van der Waals surface area contributed by atoms with E-state index in [1.807, 2.05) is 6.07 Å². The molecular formula is C18H26N6O3. The first-order valence-electron chi connectivity index (χ1n) is 9.25. The molecule has 3 heterocycles. The summed E-state index contributed by atoms with van der Waals surface area (Å²) >= 11 is 0. The maximum atomic E-state index is 12.1. The van der Waals surface area contributed by atoms with Gasteiger partial charge in [-0.3, -0.25) is 0 Å². The summed E-state index contributed by atoms with van der Waals surface area (Å²) in [5.41, 5.74) is 0.889. The first-order chi connectivity index (χ1) is 13.3. The summed E-state index contributed by atoms with van der Waals surface area (Å²) in [4.78, 5) is 16.3. The zero-order valence-corrected chi connectivity index (χ0v) is 15.6. The number of ether oxygens (including phenoxy) is 2. The van der Waals surface area contributed by atoms with Crippen molar-refractivity contribution in [2.75, 3.05) is 20.3 Å². The fraction of sp³-hybridized carbons (Fsp3) is 0.556. The zero-order chi connectivity index (χ0) is 18.9. The van der Waals surface area contributed by atoms with Gasteiger partial charge in [-0.1, -0.05) is 12.5 Å². The molecule has 0 saturated heterocycles. The lowest BCUT2D eigenvalue weighted by molar-refractivity contribution is 0.143. The highest BCUT2D eigenvalue weighted by molar-refractivity contribution is 5.73. The predicted molar refractivity (Wildman–Crippen MR) is 98.3 cm³/mol. The van der Waals surface area contributed by atoms with Crippen molar-refractivity contribution >= 4 is 6.03 Å². The number of aryl methyl sites for hydroxylation is 1. The van der Waals surface area contributed by atoms with Crippen molar-refractivity contribution in [3.8, 4) is 5.88 Å². The van der Waals surface area contributed by atoms with Gasteiger partial charge < -0.3 is 24.7 Å². The second-order valence-corrected chi connectivity index (χ2v) is 6.38. The molecule has 146 valence electrons. The van der Waals surface area contributed by atoms with Crippen LogP contribution < -0.4 is 15.4 Å². The molecular weight excluding hydrogens is 348 g/mol. The van der Waals surface area contributed by atoms with Crippen molar-refractivity contribution in [1.82, 2.24) is 30.4 Å². The zero-order valence-electron chi connectivity index (χ0n) is 15.6. The molecule has 0 aliphatic carbocycles. The molecule has 0 fully saturated rings. The van der Waals surface area contributed by atoms with Crippen molar-refractivity contribution in [2.24, 2.45) is 0 Å². The van der Waals surface area contributed by atoms with Crippen LogP contribution in [0.5, 0.6) is 5.88 Å². The van der Waals surface area contributed by atoms with Crippen LogP contribution in [-0.4, -0.2) is 46.1 Å². The van der Waals surface area contributed by atoms with E-state index in [9.17, 15) is 4.79 Å². The van der Waals surface area contributed by atoms with Gasteiger partial charge in [-0.2, -0.15) is 0 Å². The van der Waals surface area contributed by atoms with E-state index in [4.69, 9.17) is 9.47 Å². The molecule has 3 rings (SSSR count). The van der Waals surface area contributed by atoms with Gasteiger partial charge in [-0.05, 0) is 18.4 Å². The maximum absolute atomic E-state index is 12.1. The molecule has 9 heteroatoms. The molecule has 0 saturated carbocycles. The number of hydrogen-bond acceptors (Lipinski definition) is 6. The average Bonchev–Trinajstić information content (AvgIpc) is 2.92. The van der Waals surface area contributed by atoms with E-state index < -0.39 is 0 Å². The van der Waals surface area contributed by atoms with Gasteiger partial charge in [0, 0.05) is 38.9 Å². The van der Waals surface area contributed by atoms with Crippen LogP contribution in [0.2, 0.25) is 0 Å². The first-order valence-corrected chi connectivity index (χ1v) is 9.25. The molecule has 0 aromatic carbocycles. The molecule has 0 radical (unpaired) electrons. The fourth-order valence-corrected chi connectivity index (χ4v) is 2.91. The average molecular weight is 374 g/mol. The van der Waals surface area contributed by atoms with E-state index in [1.165, 1.54) is 6.42 Å². The monoisotopic (exact) mass is 374 g/mol. The summed E-state index contributed by atoms with van der Waals surface area (Å²) in [7, 11) is 1.62. The molecule has 0 atom stereocenters. The predicted octanol–water partition coefficient (Wildman–Crippen LogP) is 1.42. The highest BCUT2D eigenvalue weighted by atomic mass is 16.5. The lowest BCUT2D eigenvalue weighted by Gasteiger charge is -2.10. The number of hydrogen-bond donors (Lipinski definition) is 2. The SMILES string of the molecule is COCCOc1ccc(CNC(=O)NCc2nnc3n2CCCCC3)cn1. The van der Waals surface area contributed by atoms with Crippen molar-refractivity contribution in [3.05, 3.63) is 35.5 Å². The molecule has 1 aliphatic heterocycles. The number of carbonyl (C=O) groups excluding carboxylic acids is 1. The molecule has 27 heavy (non-hydrogen) atoms. The van der Waals surface area contributed by atoms with Gasteiger partial charge in [0.05, 0.1) is 13.2 Å². The minimum atomic E-state index is -0.249. The van der Waals surface area contributed by atoms with Crippen LogP contribution in [0.3, 0.4) is 0 Å². The topological polar surface area (TPSA) is 103 Å². The van der Waals surface area contributed by atoms with Crippen LogP contribution >= 0.6 is 0 Å². The van der Waals surface area contributed by atoms with Gasteiger partial charge in [0.15, 0.2) is 5.82 Å². The Kier molecular flexibility index (Phi) is 6.97. The Hall–Kier alpha value is -2.68. The Balaban J connectivity index is 1.41. The minimum Gasteiger partial charge on any atom is -0.475 e. The van der Waals surface area contributed by atoms with Crippen LogP contribution in [0.15, 0.2) is 18.3 Å². The number of fused-ring (bicyclic) bond motifs is 1. The number of carbonyl (C=O) groups is 1. The molecule has 2 aromatic heterocycles. The van der Waals surface area contributed by atoms with Gasteiger partial charge in [-0.25, -0.2) is 9.78 Å². The Bertz CT molecular complexity index is 731. The van der Waals surface area contributed by atoms with Crippen LogP contribution in [0.1, 0.15) is 36.5 Å². The Labute approximate surface area is 158 Å². The van der Waals surface area contributed by atoms with E-state index in [-0.39, 0.29) is 6.03 Å². The minimum absolute atomic E-state index is 0.249. The standard InChI is InChI=1S/C18H26N6O3/c1-26-9-10-27-17-7-6-14(11-19-17)12-20-18(25)21-13-16-23-22-15-5-3-2-4-8-24(15)16/h6-7,11H,2-5,8-10,12-13H2,1H3,(H2,20,21,25). The molecule has 0 bridgehead atoms. The third-order valence-electron chi connectivity index (χ3n) is 4.38. The second-order valence-electron chi connectivity index (χ2n) is 6.38. The Morgan fingerprint density at radius 2 is 2.04 bits per heavy atom. The van der Waals surface area contributed by atoms with Gasteiger partial charge in [0.1, 0.15) is 12.4 Å². The fourth-order valence-electron chi connectivity index (χ4n) is 2.91. The number of urea groups is 1. The first kappa shape index (κ1) is 19.1. The lowest BCUT2D eigenvalue weighted by Crippen LogP contribution is -2.35. The summed E-state index contributed by atoms with van der Waals surface area (Å²) in [6.07, 6.45) is 6.12. The molecule has 2 N–H and O–H groups in total. The number of nitrogens with zero attached hydrogens (tertiary/aromatic N) is 4. The number of rotatable bonds is 8. The van der Waals surface area contributed by atoms with Crippen molar-refractivity contribution in [1.29, 1.82) is 0 Å². The molecule has 2 aromatic rings. The van der Waals surface area contributed by atoms with Crippen molar-refractivity contribution in [3.63, 3.8) is 0 Å². The lowest BCUT2D eigenvalue weighted by atomic mass is 10.2. The highest BCUT2D eigenvalue weighted by Gasteiger charge is 2.15. The van der Waals surface area contributed by atoms with Gasteiger partial charge in [0.2, 0.25) is 5.88 Å². The summed E-state index contributed by atoms with van der Waals surface area (Å²) < 4.78 is 12.5. The van der Waals surface area contributed by atoms with E-state index in [1.54, 1.807) is 19.4 Å². The Morgan fingerprint density at radius 1 is 1.15 bits per heavy atom. The summed E-state index contributed by atoms with van der Waals surface area (Å²) in [6, 6.07) is 3.39. The van der Waals surface area contributed by atoms with E-state index >= 15 is 0 Å². The van der Waals surface area contributed by atoms with E-state index in [0.29, 0.717) is 32.2 Å². The van der Waals surface area contributed by atoms with Gasteiger partial charge in [0.25, 0.3) is 0 Å². The third kappa shape index (κ3) is 5.65. The molecule has 0 unspecified atom stereocenters. The Morgan fingerprint density at radius 3 is 2.85 bits per heavy atom. The second kappa shape index (κ2) is 9.86. The smallest absolute Gasteiger partial charge is 0.315 e. The number of aromatic nitrogens is 4. The van der Waals surface area contributed by atoms with Crippen LogP contribution in [0.4, 0.5) is 4.79 Å². The number of pyridine rings is 1. The molecule has 1 aliphatic rings. The van der Waals surface area contributed by atoms with Crippen LogP contribution in [0.25, 0.3) is 0 Å². The van der Waals surface area contributed by atoms with Crippen molar-refractivity contribution < 1.29 is 14.3 Å². The summed E-state index contributed by atoms with van der Waals surface area (Å²) in [5.74, 6) is 2.36. The molecule has 2 amide bonds. The molecule has 9 nitrogen and oxygen atoms in total. The van der Waals surface area contributed by atoms with Crippen LogP contribution in [0, 0.1) is 0 Å². The number of nitrogens with one attached hydrogen (secondary N) is 2. The van der Waals surface area contributed by atoms with Crippen LogP contribution in [-0.2, 0) is 30.8 Å². The summed E-state index contributed by atoms with van der Waals surface area (Å²) in [6.45, 7) is 2.64. The number of methoxy groups -OCH3 is 1. The van der Waals surface area contributed by atoms with Crippen molar-refractivity contribution in [2.45, 2.75) is 45.3 Å². The van der Waals surface area contributed by atoms with Gasteiger partial charge >= 0.3 is 6.03 Å². The normalized spacial score (nSPS) is 13.5. The number of amides is 2.